The number of thiazole rings is 5. The number of carbonyl (C=O) groups excluding carboxylic acids is 6. The molecule has 30 heteroatoms. The van der Waals surface area contributed by atoms with Gasteiger partial charge in [0.1, 0.15) is 42.0 Å². The lowest BCUT2D eigenvalue weighted by Gasteiger charge is -2.19. The summed E-state index contributed by atoms with van der Waals surface area (Å²) in [6, 6.07) is 36.7. The number of carbonyl (C=O) groups is 8. The fourth-order valence-corrected chi connectivity index (χ4v) is 12.6. The molecule has 10 rings (SSSR count). The van der Waals surface area contributed by atoms with Gasteiger partial charge in [-0.15, -0.1) is 56.7 Å². The van der Waals surface area contributed by atoms with Crippen LogP contribution in [-0.2, 0) is 23.8 Å². The Kier molecular flexibility index (Phi) is 30.1. The number of hydrogen-bond acceptors (Lipinski definition) is 24. The molecule has 4 amide bonds. The van der Waals surface area contributed by atoms with Gasteiger partial charge in [-0.3, -0.25) is 24.5 Å². The van der Waals surface area contributed by atoms with Gasteiger partial charge in [0.15, 0.2) is 17.1 Å². The number of rotatable bonds is 25. The molecule has 25 nitrogen and oxygen atoms in total. The summed E-state index contributed by atoms with van der Waals surface area (Å²) >= 11 is 6.77. The summed E-state index contributed by atoms with van der Waals surface area (Å²) in [6.45, 7) is 11.2. The molecule has 5 aromatic carbocycles. The minimum atomic E-state index is -1.05. The van der Waals surface area contributed by atoms with E-state index in [0.29, 0.717) is 73.8 Å². The molecule has 0 atom stereocenters. The average Bonchev–Trinajstić information content (AvgIpc) is 2.00. The minimum absolute atomic E-state index is 0.0149. The predicted octanol–water partition coefficient (Wildman–Crippen LogP) is 15.3. The number of esters is 2. The lowest BCUT2D eigenvalue weighted by atomic mass is 10.2. The number of ether oxygens (including phenoxy) is 3. The van der Waals surface area contributed by atoms with Crippen molar-refractivity contribution in [1.29, 1.82) is 0 Å². The molecule has 5 heterocycles. The number of amides is 4. The van der Waals surface area contributed by atoms with Crippen LogP contribution in [0.1, 0.15) is 113 Å². The predicted molar refractivity (Wildman–Crippen MR) is 404 cm³/mol. The van der Waals surface area contributed by atoms with E-state index < -0.39 is 35.6 Å². The molecule has 0 spiro atoms. The van der Waals surface area contributed by atoms with Crippen molar-refractivity contribution in [2.45, 2.75) is 65.9 Å². The molecule has 0 fully saturated rings. The topological polar surface area (TPSA) is 336 Å². The van der Waals surface area contributed by atoms with Gasteiger partial charge in [0.2, 0.25) is 5.91 Å². The second-order valence-electron chi connectivity index (χ2n) is 23.4. The van der Waals surface area contributed by atoms with Crippen LogP contribution in [0.2, 0.25) is 0 Å². The molecular formula is C72H78N12O13S5. The summed E-state index contributed by atoms with van der Waals surface area (Å²) in [5, 5.41) is 43.2. The third-order valence-electron chi connectivity index (χ3n) is 13.6. The highest BCUT2D eigenvalue weighted by molar-refractivity contribution is 7.14. The van der Waals surface area contributed by atoms with Crippen molar-refractivity contribution in [3.8, 4) is 52.9 Å². The number of carboxylic acid groups (broad SMARTS) is 2. The number of carboxylic acids is 2. The van der Waals surface area contributed by atoms with Crippen molar-refractivity contribution in [2.24, 2.45) is 0 Å². The van der Waals surface area contributed by atoms with Gasteiger partial charge in [0.25, 0.3) is 11.8 Å². The summed E-state index contributed by atoms with van der Waals surface area (Å²) in [5.41, 5.74) is 8.61. The number of aliphatic carboxylic acids is 1. The lowest BCUT2D eigenvalue weighted by molar-refractivity contribution is -0.137. The van der Waals surface area contributed by atoms with Crippen molar-refractivity contribution >= 4 is 133 Å². The number of nitrogens with zero attached hydrogens (tertiary/aromatic N) is 7. The Labute approximate surface area is 610 Å². The first kappa shape index (κ1) is 78.9. The maximum Gasteiger partial charge on any atom is 0.412 e. The third-order valence-corrected chi connectivity index (χ3v) is 18.0. The minimum Gasteiger partial charge on any atom is -0.481 e. The van der Waals surface area contributed by atoms with Gasteiger partial charge in [0, 0.05) is 103 Å². The van der Waals surface area contributed by atoms with E-state index in [-0.39, 0.29) is 35.5 Å². The number of aromatic carboxylic acids is 1. The van der Waals surface area contributed by atoms with E-state index in [1.54, 1.807) is 105 Å². The van der Waals surface area contributed by atoms with Crippen LogP contribution < -0.4 is 26.6 Å². The first-order valence-electron chi connectivity index (χ1n) is 31.8. The standard InChI is InChI=1S/C28H29N5O4S2.C23H20N4O3S2.C15H16N2O4S.C6H13NO2/c1-4-37-28(36)23-17-39-27(32-23)19-9-13-21(14-10-19)30-25(35)22-16-38-26(31-22)18-7-11-20(12-8-18)29-24(34)6-5-15-33(2)3;1-3-30-23(29)19-13-32-22(27-19)15-6-10-17(11-7-15)25-20(28)18-12-31-21(26-18)14-4-8-16(24-2)9-5-14;1-15(2,3)21-14(20)16-10-6-4-9(5-7-10)12-17-11(8-22-12)13(18)19;1-7(2)5-3-4-6(8)9/h7-14,16-17H,4-6,15H2,1-3H3,(H,29,34)(H,30,35);4-13,24H,3H2,1-2H3,(H,25,28);4-8H,1-3H3,(H,16,20)(H,18,19);3-5H2,1-2H3,(H,8,9). The van der Waals surface area contributed by atoms with E-state index in [1.807, 2.05) is 113 Å². The second kappa shape index (κ2) is 38.9. The molecule has 7 N–H and O–H groups in total. The van der Waals surface area contributed by atoms with Crippen LogP contribution in [0.5, 0.6) is 0 Å². The van der Waals surface area contributed by atoms with Crippen LogP contribution >= 0.6 is 56.7 Å². The van der Waals surface area contributed by atoms with Gasteiger partial charge in [-0.1, -0.05) is 0 Å². The smallest absolute Gasteiger partial charge is 0.412 e. The number of anilines is 5. The fraction of sp³-hybridized carbons (Fsp3) is 0.264. The molecule has 5 aromatic heterocycles. The van der Waals surface area contributed by atoms with Crippen molar-refractivity contribution in [1.82, 2.24) is 34.7 Å². The van der Waals surface area contributed by atoms with Crippen LogP contribution in [0.25, 0.3) is 52.9 Å². The summed E-state index contributed by atoms with van der Waals surface area (Å²) in [4.78, 5) is 119. The number of aromatic nitrogens is 5. The number of nitrogens with one attached hydrogen (secondary N) is 5. The lowest BCUT2D eigenvalue weighted by Crippen LogP contribution is -2.27. The highest BCUT2D eigenvalue weighted by Crippen LogP contribution is 2.31. The Balaban J connectivity index is 0.000000208. The van der Waals surface area contributed by atoms with Crippen molar-refractivity contribution < 1.29 is 62.8 Å². The maximum absolute atomic E-state index is 12.8. The molecule has 0 bridgehead atoms. The Morgan fingerprint density at radius 3 is 1.04 bits per heavy atom. The molecule has 102 heavy (non-hydrogen) atoms. The molecule has 0 radical (unpaired) electrons. The second-order valence-corrected chi connectivity index (χ2v) is 27.7. The Bertz CT molecular complexity index is 4410. The number of benzene rings is 5. The van der Waals surface area contributed by atoms with Crippen LogP contribution in [0.4, 0.5) is 33.2 Å². The van der Waals surface area contributed by atoms with Crippen LogP contribution in [0.3, 0.4) is 0 Å². The van der Waals surface area contributed by atoms with Crippen LogP contribution in [0.15, 0.2) is 148 Å². The third kappa shape index (κ3) is 25.6. The Morgan fingerprint density at radius 1 is 0.422 bits per heavy atom. The Hall–Kier alpha value is -10.5. The zero-order valence-corrected chi connectivity index (χ0v) is 61.7. The molecule has 534 valence electrons. The Morgan fingerprint density at radius 2 is 0.725 bits per heavy atom. The van der Waals surface area contributed by atoms with Gasteiger partial charge in [-0.25, -0.2) is 44.1 Å². The van der Waals surface area contributed by atoms with E-state index in [0.717, 1.165) is 70.1 Å². The molecule has 0 aliphatic heterocycles. The summed E-state index contributed by atoms with van der Waals surface area (Å²) < 4.78 is 15.1. The SMILES string of the molecule is CC(C)(C)OC(=O)Nc1ccc(-c2nc(C(=O)O)cs2)cc1.CCOC(=O)c1csc(-c2ccc(NC(=O)c3csc(-c4ccc(NC(=O)CCCN(C)C)cc4)n3)cc2)n1.CCOC(=O)c1csc(-c2ccc(NC(=O)c3csc(-c4ccc(NC)cc4)n3)cc2)n1.CN(C)CCCC(=O)O. The first-order chi connectivity index (χ1) is 48.8. The number of hydrogen-bond donors (Lipinski definition) is 7. The van der Waals surface area contributed by atoms with E-state index >= 15 is 0 Å². The van der Waals surface area contributed by atoms with Gasteiger partial charge in [-0.2, -0.15) is 0 Å². The highest BCUT2D eigenvalue weighted by Gasteiger charge is 2.20. The zero-order valence-electron chi connectivity index (χ0n) is 57.6. The molecule has 0 saturated heterocycles. The summed E-state index contributed by atoms with van der Waals surface area (Å²) in [5.74, 6) is -3.24. The molecular weight excluding hydrogens is 1400 g/mol. The van der Waals surface area contributed by atoms with Gasteiger partial charge >= 0.3 is 30.0 Å². The van der Waals surface area contributed by atoms with Crippen molar-refractivity contribution in [3.63, 3.8) is 0 Å². The van der Waals surface area contributed by atoms with Crippen LogP contribution in [0, 0.1) is 0 Å². The van der Waals surface area contributed by atoms with E-state index in [1.165, 1.54) is 62.1 Å². The van der Waals surface area contributed by atoms with Crippen molar-refractivity contribution in [3.05, 3.63) is 177 Å². The van der Waals surface area contributed by atoms with Gasteiger partial charge in [0.05, 0.1) is 13.2 Å². The highest BCUT2D eigenvalue weighted by atomic mass is 32.1. The summed E-state index contributed by atoms with van der Waals surface area (Å²) in [6.07, 6.45) is 1.76. The fourth-order valence-electron chi connectivity index (χ4n) is 8.64. The maximum atomic E-state index is 12.8. The largest absolute Gasteiger partial charge is 0.481 e. The summed E-state index contributed by atoms with van der Waals surface area (Å²) in [7, 11) is 9.70. The average molecular weight is 1480 g/mol. The first-order valence-corrected chi connectivity index (χ1v) is 36.2. The van der Waals surface area contributed by atoms with Crippen LogP contribution in [-0.4, -0.2) is 160 Å². The zero-order chi connectivity index (χ0) is 73.9. The van der Waals surface area contributed by atoms with Gasteiger partial charge < -0.3 is 55.5 Å². The quantitative estimate of drug-likeness (QED) is 0.0206. The molecule has 0 unspecified atom stereocenters. The van der Waals surface area contributed by atoms with Gasteiger partial charge in [-0.05, 0) is 210 Å². The van der Waals surface area contributed by atoms with E-state index in [2.05, 4.69) is 56.4 Å². The van der Waals surface area contributed by atoms with E-state index in [9.17, 15) is 38.4 Å². The monoisotopic (exact) mass is 1480 g/mol. The van der Waals surface area contributed by atoms with Crippen molar-refractivity contribution in [2.75, 3.05) is 88.1 Å². The molecule has 10 aromatic rings. The molecule has 0 saturated carbocycles. The van der Waals surface area contributed by atoms with E-state index in [4.69, 9.17) is 24.4 Å². The molecule has 0 aliphatic carbocycles. The molecule has 0 aliphatic rings. The normalized spacial score (nSPS) is 10.7.